The van der Waals surface area contributed by atoms with Crippen LogP contribution in [0.1, 0.15) is 45.6 Å². The number of thioether (sulfide) groups is 1. The number of nitrogens with zero attached hydrogens (tertiary/aromatic N) is 3. The standard InChI is InChI=1S/C22H23N3O2S2/c1-24-21(27)18-16-5-4-6-17(16)29-19(18)23-22(24)28-13-14-7-9-15(10-8-14)20(26)25-11-2-3-12-25/h7-10H,2-6,11-13H2,1H3. The lowest BCUT2D eigenvalue weighted by Gasteiger charge is -2.15. The number of benzene rings is 1. The van der Waals surface area contributed by atoms with E-state index in [9.17, 15) is 9.59 Å². The van der Waals surface area contributed by atoms with Crippen LogP contribution in [0, 0.1) is 0 Å². The second kappa shape index (κ2) is 7.61. The monoisotopic (exact) mass is 425 g/mol. The maximum Gasteiger partial charge on any atom is 0.262 e. The van der Waals surface area contributed by atoms with E-state index in [-0.39, 0.29) is 11.5 Å². The molecule has 0 radical (unpaired) electrons. The van der Waals surface area contributed by atoms with E-state index in [2.05, 4.69) is 0 Å². The van der Waals surface area contributed by atoms with Crippen LogP contribution >= 0.6 is 23.1 Å². The minimum atomic E-state index is 0.0726. The number of aryl methyl sites for hydroxylation is 2. The number of carbonyl (C=O) groups is 1. The van der Waals surface area contributed by atoms with Crippen molar-refractivity contribution in [1.82, 2.24) is 14.5 Å². The first-order valence-corrected chi connectivity index (χ1v) is 11.9. The number of hydrogen-bond acceptors (Lipinski definition) is 5. The molecule has 29 heavy (non-hydrogen) atoms. The molecule has 0 bridgehead atoms. The summed E-state index contributed by atoms with van der Waals surface area (Å²) < 4.78 is 1.68. The van der Waals surface area contributed by atoms with Gasteiger partial charge in [-0.3, -0.25) is 14.2 Å². The summed E-state index contributed by atoms with van der Waals surface area (Å²) in [6.45, 7) is 1.73. The van der Waals surface area contributed by atoms with Crippen LogP contribution in [0.2, 0.25) is 0 Å². The van der Waals surface area contributed by atoms with Crippen molar-refractivity contribution in [3.05, 3.63) is 56.2 Å². The van der Waals surface area contributed by atoms with Gasteiger partial charge in [0.05, 0.1) is 5.39 Å². The highest BCUT2D eigenvalue weighted by Crippen LogP contribution is 2.35. The molecule has 0 atom stereocenters. The van der Waals surface area contributed by atoms with Crippen molar-refractivity contribution < 1.29 is 4.79 Å². The van der Waals surface area contributed by atoms with Gasteiger partial charge in [-0.15, -0.1) is 11.3 Å². The fourth-order valence-corrected chi connectivity index (χ4v) is 6.46. The summed E-state index contributed by atoms with van der Waals surface area (Å²) >= 11 is 3.25. The lowest BCUT2D eigenvalue weighted by atomic mass is 10.1. The van der Waals surface area contributed by atoms with E-state index in [1.807, 2.05) is 36.2 Å². The first-order chi connectivity index (χ1) is 14.1. The van der Waals surface area contributed by atoms with Gasteiger partial charge in [-0.05, 0) is 55.4 Å². The van der Waals surface area contributed by atoms with Crippen molar-refractivity contribution in [3.63, 3.8) is 0 Å². The highest BCUT2D eigenvalue weighted by Gasteiger charge is 2.22. The van der Waals surface area contributed by atoms with Crippen molar-refractivity contribution >= 4 is 39.2 Å². The molecular formula is C22H23N3O2S2. The average molecular weight is 426 g/mol. The van der Waals surface area contributed by atoms with E-state index in [1.165, 1.54) is 10.4 Å². The molecule has 150 valence electrons. The van der Waals surface area contributed by atoms with Gasteiger partial charge in [0, 0.05) is 36.3 Å². The predicted molar refractivity (Wildman–Crippen MR) is 118 cm³/mol. The van der Waals surface area contributed by atoms with Gasteiger partial charge in [0.1, 0.15) is 4.83 Å². The van der Waals surface area contributed by atoms with Crippen molar-refractivity contribution in [1.29, 1.82) is 0 Å². The van der Waals surface area contributed by atoms with Crippen molar-refractivity contribution in [3.8, 4) is 0 Å². The molecule has 0 N–H and O–H groups in total. The second-order valence-corrected chi connectivity index (χ2v) is 9.81. The molecule has 7 heteroatoms. The van der Waals surface area contributed by atoms with Crippen LogP contribution in [0.25, 0.3) is 10.2 Å². The lowest BCUT2D eigenvalue weighted by molar-refractivity contribution is 0.0793. The fourth-order valence-electron chi connectivity index (χ4n) is 4.23. The van der Waals surface area contributed by atoms with Crippen LogP contribution in [0.15, 0.2) is 34.2 Å². The molecule has 5 nitrogen and oxygen atoms in total. The normalized spacial score (nSPS) is 16.0. The number of likely N-dealkylation sites (tertiary alicyclic amines) is 1. The molecule has 3 aromatic rings. The summed E-state index contributed by atoms with van der Waals surface area (Å²) in [5, 5.41) is 1.58. The van der Waals surface area contributed by atoms with Gasteiger partial charge in [-0.1, -0.05) is 23.9 Å². The Morgan fingerprint density at radius 1 is 1.14 bits per heavy atom. The average Bonchev–Trinajstić information content (AvgIpc) is 3.47. The zero-order chi connectivity index (χ0) is 20.0. The Hall–Kier alpha value is -2.12. The molecule has 1 aliphatic carbocycles. The largest absolute Gasteiger partial charge is 0.339 e. The number of rotatable bonds is 4. The van der Waals surface area contributed by atoms with Crippen LogP contribution in [-0.4, -0.2) is 33.4 Å². The van der Waals surface area contributed by atoms with E-state index < -0.39 is 0 Å². The van der Waals surface area contributed by atoms with E-state index in [0.717, 1.165) is 77.4 Å². The number of carbonyl (C=O) groups excluding carboxylic acids is 1. The molecule has 3 heterocycles. The Morgan fingerprint density at radius 2 is 1.90 bits per heavy atom. The Bertz CT molecular complexity index is 1140. The summed E-state index contributed by atoms with van der Waals surface area (Å²) in [7, 11) is 1.81. The molecular weight excluding hydrogens is 402 g/mol. The third kappa shape index (κ3) is 3.40. The Kier molecular flexibility index (Phi) is 4.95. The molecule has 2 aliphatic rings. The Morgan fingerprint density at radius 3 is 2.66 bits per heavy atom. The number of aromatic nitrogens is 2. The van der Waals surface area contributed by atoms with Crippen LogP contribution < -0.4 is 5.56 Å². The number of fused-ring (bicyclic) bond motifs is 3. The summed E-state index contributed by atoms with van der Waals surface area (Å²) in [6.07, 6.45) is 5.42. The molecule has 1 aromatic carbocycles. The summed E-state index contributed by atoms with van der Waals surface area (Å²) in [6, 6.07) is 7.84. The van der Waals surface area contributed by atoms with E-state index >= 15 is 0 Å². The molecule has 1 amide bonds. The van der Waals surface area contributed by atoms with Crippen LogP contribution in [0.5, 0.6) is 0 Å². The first-order valence-electron chi connectivity index (χ1n) is 10.1. The third-order valence-electron chi connectivity index (χ3n) is 5.87. The first kappa shape index (κ1) is 18.9. The molecule has 0 spiro atoms. The highest BCUT2D eigenvalue weighted by atomic mass is 32.2. The van der Waals surface area contributed by atoms with Crippen LogP contribution in [0.4, 0.5) is 0 Å². The van der Waals surface area contributed by atoms with E-state index in [0.29, 0.717) is 0 Å². The van der Waals surface area contributed by atoms with Gasteiger partial charge in [0.2, 0.25) is 0 Å². The molecule has 5 rings (SSSR count). The van der Waals surface area contributed by atoms with Crippen molar-refractivity contribution in [2.24, 2.45) is 7.05 Å². The number of hydrogen-bond donors (Lipinski definition) is 0. The Labute approximate surface area is 177 Å². The van der Waals surface area contributed by atoms with Gasteiger partial charge in [0.25, 0.3) is 11.5 Å². The maximum absolute atomic E-state index is 12.9. The van der Waals surface area contributed by atoms with Crippen LogP contribution in [0.3, 0.4) is 0 Å². The molecule has 2 aromatic heterocycles. The number of amides is 1. The minimum Gasteiger partial charge on any atom is -0.339 e. The second-order valence-electron chi connectivity index (χ2n) is 7.78. The molecule has 0 saturated carbocycles. The molecule has 1 aliphatic heterocycles. The Balaban J connectivity index is 1.33. The predicted octanol–water partition coefficient (Wildman–Crippen LogP) is 4.01. The van der Waals surface area contributed by atoms with E-state index in [1.54, 1.807) is 27.7 Å². The summed E-state index contributed by atoms with van der Waals surface area (Å²) in [5.74, 6) is 0.844. The van der Waals surface area contributed by atoms with Gasteiger partial charge < -0.3 is 4.90 Å². The molecule has 1 saturated heterocycles. The zero-order valence-electron chi connectivity index (χ0n) is 16.4. The summed E-state index contributed by atoms with van der Waals surface area (Å²) in [4.78, 5) is 34.3. The topological polar surface area (TPSA) is 55.2 Å². The molecule has 1 fully saturated rings. The zero-order valence-corrected chi connectivity index (χ0v) is 18.1. The third-order valence-corrected chi connectivity index (χ3v) is 8.15. The van der Waals surface area contributed by atoms with Crippen LogP contribution in [-0.2, 0) is 25.6 Å². The highest BCUT2D eigenvalue weighted by molar-refractivity contribution is 7.98. The minimum absolute atomic E-state index is 0.0726. The molecule has 0 unspecified atom stereocenters. The lowest BCUT2D eigenvalue weighted by Crippen LogP contribution is -2.27. The smallest absolute Gasteiger partial charge is 0.262 e. The van der Waals surface area contributed by atoms with Gasteiger partial charge in [-0.2, -0.15) is 0 Å². The van der Waals surface area contributed by atoms with E-state index in [4.69, 9.17) is 4.98 Å². The fraction of sp³-hybridized carbons (Fsp3) is 0.409. The van der Waals surface area contributed by atoms with Crippen molar-refractivity contribution in [2.45, 2.75) is 43.0 Å². The number of thiophene rings is 1. The maximum atomic E-state index is 12.9. The SMILES string of the molecule is Cn1c(SCc2ccc(C(=O)N3CCCC3)cc2)nc2sc3c(c2c1=O)CCC3. The van der Waals surface area contributed by atoms with Gasteiger partial charge in [0.15, 0.2) is 5.16 Å². The van der Waals surface area contributed by atoms with Gasteiger partial charge in [-0.25, -0.2) is 4.98 Å². The van der Waals surface area contributed by atoms with Gasteiger partial charge >= 0.3 is 0 Å². The van der Waals surface area contributed by atoms with Crippen molar-refractivity contribution in [2.75, 3.05) is 13.1 Å². The summed E-state index contributed by atoms with van der Waals surface area (Å²) in [5.41, 5.74) is 3.17. The quantitative estimate of drug-likeness (QED) is 0.468.